The molecule has 1 amide bonds. The highest BCUT2D eigenvalue weighted by Crippen LogP contribution is 2.41. The number of nitrogens with one attached hydrogen (secondary N) is 1. The Morgan fingerprint density at radius 2 is 2.11 bits per heavy atom. The lowest BCUT2D eigenvalue weighted by molar-refractivity contribution is 0.0657. The average Bonchev–Trinajstić information content (AvgIpc) is 3.36. The molecule has 2 aromatic heterocycles. The molecule has 2 aromatic rings. The van der Waals surface area contributed by atoms with Gasteiger partial charge in [-0.15, -0.1) is 12.4 Å². The fraction of sp³-hybridized carbons (Fsp3) is 0.650. The molecule has 4 rings (SSSR count). The number of carbonyl (C=O) groups excluding carboxylic acids is 1. The third-order valence-electron chi connectivity index (χ3n) is 5.22. The predicted octanol–water partition coefficient (Wildman–Crippen LogP) is 3.54. The van der Waals surface area contributed by atoms with E-state index in [2.05, 4.69) is 43.2 Å². The Balaban J connectivity index is 0.00000210. The highest BCUT2D eigenvalue weighted by molar-refractivity contribution is 6.06. The number of hydrogen-bond donors (Lipinski definition) is 1. The summed E-state index contributed by atoms with van der Waals surface area (Å²) in [6.45, 7) is 11.0. The van der Waals surface area contributed by atoms with Gasteiger partial charge in [0.25, 0.3) is 11.6 Å². The molecule has 1 atom stereocenters. The summed E-state index contributed by atoms with van der Waals surface area (Å²) in [6, 6.07) is 2.18. The second-order valence-corrected chi connectivity index (χ2v) is 8.97. The van der Waals surface area contributed by atoms with Gasteiger partial charge in [-0.2, -0.15) is 0 Å². The quantitative estimate of drug-likeness (QED) is 0.864. The number of rotatable bonds is 3. The van der Waals surface area contributed by atoms with E-state index >= 15 is 0 Å². The lowest BCUT2D eigenvalue weighted by Gasteiger charge is -2.34. The molecule has 2 aliphatic rings. The van der Waals surface area contributed by atoms with E-state index in [-0.39, 0.29) is 29.8 Å². The van der Waals surface area contributed by atoms with Gasteiger partial charge in [-0.05, 0) is 37.7 Å². The summed E-state index contributed by atoms with van der Waals surface area (Å²) in [5.74, 6) is 0.536. The fourth-order valence-electron chi connectivity index (χ4n) is 3.71. The lowest BCUT2D eigenvalue weighted by atomic mass is 9.89. The van der Waals surface area contributed by atoms with Crippen LogP contribution in [0.4, 0.5) is 0 Å². The van der Waals surface area contributed by atoms with Gasteiger partial charge < -0.3 is 14.7 Å². The van der Waals surface area contributed by atoms with Crippen molar-refractivity contribution in [1.29, 1.82) is 0 Å². The van der Waals surface area contributed by atoms with Gasteiger partial charge in [-0.25, -0.2) is 4.98 Å². The van der Waals surface area contributed by atoms with E-state index in [1.54, 1.807) is 0 Å². The van der Waals surface area contributed by atoms with Crippen molar-refractivity contribution in [2.45, 2.75) is 58.9 Å². The molecular formula is C20H29ClN4O2. The van der Waals surface area contributed by atoms with Gasteiger partial charge >= 0.3 is 0 Å². The van der Waals surface area contributed by atoms with Crippen LogP contribution in [0.3, 0.4) is 0 Å². The van der Waals surface area contributed by atoms with Gasteiger partial charge in [0.15, 0.2) is 0 Å². The van der Waals surface area contributed by atoms with Crippen LogP contribution in [-0.4, -0.2) is 46.6 Å². The van der Waals surface area contributed by atoms with Crippen LogP contribution in [0.5, 0.6) is 0 Å². The van der Waals surface area contributed by atoms with Gasteiger partial charge in [-0.3, -0.25) is 4.79 Å². The summed E-state index contributed by atoms with van der Waals surface area (Å²) in [4.78, 5) is 20.1. The first kappa shape index (κ1) is 20.1. The summed E-state index contributed by atoms with van der Waals surface area (Å²) in [5.41, 5.74) is 3.10. The van der Waals surface area contributed by atoms with Crippen molar-refractivity contribution in [1.82, 2.24) is 20.4 Å². The summed E-state index contributed by atoms with van der Waals surface area (Å²) < 4.78 is 5.57. The Kier molecular flexibility index (Phi) is 5.50. The van der Waals surface area contributed by atoms with E-state index in [9.17, 15) is 4.79 Å². The standard InChI is InChI=1S/C20H28N4O2.ClH/c1-12-11-21-7-8-24(12)19(25)14-9-15(13-5-6-13)22-18-17(14)16(23-26-18)10-20(2,3)4;/h9,12-13,21H,5-8,10-11H2,1-4H3;1H. The summed E-state index contributed by atoms with van der Waals surface area (Å²) in [5, 5.41) is 8.44. The van der Waals surface area contributed by atoms with Crippen molar-refractivity contribution in [3.63, 3.8) is 0 Å². The maximum absolute atomic E-state index is 13.4. The molecule has 7 heteroatoms. The molecule has 1 saturated heterocycles. The van der Waals surface area contributed by atoms with E-state index in [1.165, 1.54) is 0 Å². The van der Waals surface area contributed by atoms with Gasteiger partial charge in [0, 0.05) is 37.3 Å². The van der Waals surface area contributed by atoms with Crippen molar-refractivity contribution < 1.29 is 9.32 Å². The van der Waals surface area contributed by atoms with Gasteiger partial charge in [0.1, 0.15) is 0 Å². The molecule has 0 radical (unpaired) electrons. The van der Waals surface area contributed by atoms with Crippen molar-refractivity contribution in [2.75, 3.05) is 19.6 Å². The number of piperazine rings is 1. The molecule has 0 aromatic carbocycles. The summed E-state index contributed by atoms with van der Waals surface area (Å²) in [6.07, 6.45) is 3.03. The summed E-state index contributed by atoms with van der Waals surface area (Å²) >= 11 is 0. The first-order valence-corrected chi connectivity index (χ1v) is 9.64. The van der Waals surface area contributed by atoms with Crippen LogP contribution in [0, 0.1) is 5.41 Å². The number of amides is 1. The fourth-order valence-corrected chi connectivity index (χ4v) is 3.71. The van der Waals surface area contributed by atoms with Gasteiger partial charge in [0.05, 0.1) is 16.6 Å². The van der Waals surface area contributed by atoms with Crippen LogP contribution in [0.2, 0.25) is 0 Å². The molecule has 27 heavy (non-hydrogen) atoms. The molecule has 3 heterocycles. The Morgan fingerprint density at radius 1 is 1.37 bits per heavy atom. The molecule has 1 N–H and O–H groups in total. The number of carbonyl (C=O) groups is 1. The first-order valence-electron chi connectivity index (χ1n) is 9.64. The Hall–Kier alpha value is -1.66. The van der Waals surface area contributed by atoms with Crippen LogP contribution >= 0.6 is 12.4 Å². The number of nitrogens with zero attached hydrogens (tertiary/aromatic N) is 3. The number of hydrogen-bond acceptors (Lipinski definition) is 5. The van der Waals surface area contributed by atoms with Crippen molar-refractivity contribution in [3.05, 3.63) is 23.0 Å². The largest absolute Gasteiger partial charge is 0.336 e. The van der Waals surface area contributed by atoms with Crippen LogP contribution < -0.4 is 5.32 Å². The zero-order chi connectivity index (χ0) is 18.5. The highest BCUT2D eigenvalue weighted by atomic mass is 35.5. The van der Waals surface area contributed by atoms with Gasteiger partial charge in [0.2, 0.25) is 0 Å². The number of fused-ring (bicyclic) bond motifs is 1. The number of pyridine rings is 1. The zero-order valence-corrected chi connectivity index (χ0v) is 17.4. The predicted molar refractivity (Wildman–Crippen MR) is 108 cm³/mol. The molecule has 148 valence electrons. The monoisotopic (exact) mass is 392 g/mol. The molecule has 0 bridgehead atoms. The number of aromatic nitrogens is 2. The minimum Gasteiger partial charge on any atom is -0.336 e. The highest BCUT2D eigenvalue weighted by Gasteiger charge is 2.32. The second-order valence-electron chi connectivity index (χ2n) is 8.97. The third-order valence-corrected chi connectivity index (χ3v) is 5.22. The molecular weight excluding hydrogens is 364 g/mol. The Labute approximate surface area is 166 Å². The third kappa shape index (κ3) is 4.11. The molecule has 6 nitrogen and oxygen atoms in total. The van der Waals surface area contributed by atoms with Crippen LogP contribution in [0.1, 0.15) is 68.2 Å². The van der Waals surface area contributed by atoms with Crippen LogP contribution in [-0.2, 0) is 6.42 Å². The topological polar surface area (TPSA) is 71.3 Å². The SMILES string of the molecule is CC1CNCCN1C(=O)c1cc(C2CC2)nc2onc(CC(C)(C)C)c12.Cl. The normalized spacial score (nSPS) is 20.6. The van der Waals surface area contributed by atoms with E-state index in [1.807, 2.05) is 11.0 Å². The smallest absolute Gasteiger partial charge is 0.259 e. The molecule has 1 saturated carbocycles. The van der Waals surface area contributed by atoms with E-state index in [0.717, 1.165) is 55.7 Å². The first-order chi connectivity index (χ1) is 12.3. The second kappa shape index (κ2) is 7.40. The van der Waals surface area contributed by atoms with Crippen molar-refractivity contribution in [2.24, 2.45) is 5.41 Å². The van der Waals surface area contributed by atoms with Gasteiger partial charge in [-0.1, -0.05) is 25.9 Å². The number of halogens is 1. The maximum Gasteiger partial charge on any atom is 0.259 e. The summed E-state index contributed by atoms with van der Waals surface area (Å²) in [7, 11) is 0. The van der Waals surface area contributed by atoms with E-state index in [4.69, 9.17) is 4.52 Å². The zero-order valence-electron chi connectivity index (χ0n) is 16.5. The Morgan fingerprint density at radius 3 is 2.74 bits per heavy atom. The van der Waals surface area contributed by atoms with E-state index in [0.29, 0.717) is 17.2 Å². The molecule has 1 aliphatic carbocycles. The Bertz CT molecular complexity index is 838. The minimum absolute atomic E-state index is 0. The minimum atomic E-state index is 0. The van der Waals surface area contributed by atoms with Crippen LogP contribution in [0.25, 0.3) is 11.1 Å². The van der Waals surface area contributed by atoms with Crippen LogP contribution in [0.15, 0.2) is 10.6 Å². The molecule has 0 spiro atoms. The average molecular weight is 393 g/mol. The van der Waals surface area contributed by atoms with Crippen molar-refractivity contribution in [3.8, 4) is 0 Å². The molecule has 2 fully saturated rings. The lowest BCUT2D eigenvalue weighted by Crippen LogP contribution is -2.52. The van der Waals surface area contributed by atoms with E-state index < -0.39 is 0 Å². The molecule has 1 unspecified atom stereocenters. The molecule has 1 aliphatic heterocycles. The maximum atomic E-state index is 13.4. The van der Waals surface area contributed by atoms with Crippen molar-refractivity contribution >= 4 is 29.4 Å².